The number of nitrogens with zero attached hydrogens (tertiary/aromatic N) is 2. The Morgan fingerprint density at radius 1 is 1.37 bits per heavy atom. The Hall–Kier alpha value is -2.38. The summed E-state index contributed by atoms with van der Waals surface area (Å²) in [6, 6.07) is 9.95. The number of carbonyl (C=O) groups is 1. The van der Waals surface area contributed by atoms with Gasteiger partial charge >= 0.3 is 0 Å². The van der Waals surface area contributed by atoms with Crippen LogP contribution in [0.4, 0.5) is 5.13 Å². The van der Waals surface area contributed by atoms with Gasteiger partial charge < -0.3 is 20.5 Å². The van der Waals surface area contributed by atoms with Crippen molar-refractivity contribution in [3.05, 3.63) is 46.6 Å². The maximum Gasteiger partial charge on any atom is 0.270 e. The molecule has 0 spiro atoms. The molecular weight excluding hydrogens is 358 g/mol. The number of aromatic nitrogens is 2. The van der Waals surface area contributed by atoms with Crippen LogP contribution in [0.5, 0.6) is 0 Å². The van der Waals surface area contributed by atoms with Gasteiger partial charge in [0.05, 0.1) is 12.2 Å². The number of para-hydroxylation sites is 1. The van der Waals surface area contributed by atoms with Crippen LogP contribution in [0.15, 0.2) is 30.3 Å². The molecule has 3 aromatic rings. The van der Waals surface area contributed by atoms with Gasteiger partial charge in [-0.1, -0.05) is 29.5 Å². The van der Waals surface area contributed by atoms with Crippen LogP contribution in [0, 0.1) is 5.92 Å². The first-order valence-corrected chi connectivity index (χ1v) is 10.4. The van der Waals surface area contributed by atoms with Crippen LogP contribution in [0.3, 0.4) is 0 Å². The predicted molar refractivity (Wildman–Crippen MR) is 108 cm³/mol. The van der Waals surface area contributed by atoms with Crippen molar-refractivity contribution in [1.29, 1.82) is 0 Å². The van der Waals surface area contributed by atoms with Crippen molar-refractivity contribution in [2.75, 3.05) is 31.5 Å². The molecule has 1 fully saturated rings. The van der Waals surface area contributed by atoms with Gasteiger partial charge in [-0.15, -0.1) is 0 Å². The first-order chi connectivity index (χ1) is 13.3. The Morgan fingerprint density at radius 3 is 3.15 bits per heavy atom. The summed E-state index contributed by atoms with van der Waals surface area (Å²) < 4.78 is 0. The molecule has 1 aromatic carbocycles. The van der Waals surface area contributed by atoms with Crippen molar-refractivity contribution < 1.29 is 4.79 Å². The van der Waals surface area contributed by atoms with Crippen LogP contribution in [0.25, 0.3) is 10.9 Å². The molecule has 3 N–H and O–H groups in total. The third kappa shape index (κ3) is 3.33. The normalized spacial score (nSPS) is 19.4. The van der Waals surface area contributed by atoms with Gasteiger partial charge in [0.1, 0.15) is 5.69 Å². The summed E-state index contributed by atoms with van der Waals surface area (Å²) in [7, 11) is 0. The van der Waals surface area contributed by atoms with Crippen molar-refractivity contribution >= 4 is 33.3 Å². The highest BCUT2D eigenvalue weighted by Gasteiger charge is 2.26. The Morgan fingerprint density at radius 2 is 2.30 bits per heavy atom. The SMILES string of the molecule is O=C(c1cc2ccccc2[nH]1)N1CCc2nc(NCC3CCNC3)sc2C1. The van der Waals surface area contributed by atoms with E-state index in [1.807, 2.05) is 35.2 Å². The number of nitrogens with one attached hydrogen (secondary N) is 3. The Labute approximate surface area is 162 Å². The van der Waals surface area contributed by atoms with Crippen molar-refractivity contribution in [3.8, 4) is 0 Å². The lowest BCUT2D eigenvalue weighted by atomic mass is 10.1. The molecule has 0 radical (unpaired) electrons. The van der Waals surface area contributed by atoms with E-state index in [0.717, 1.165) is 54.3 Å². The second-order valence-corrected chi connectivity index (χ2v) is 8.46. The number of thiazole rings is 1. The Kier molecular flexibility index (Phi) is 4.33. The van der Waals surface area contributed by atoms with Gasteiger partial charge in [0.15, 0.2) is 5.13 Å². The largest absolute Gasteiger partial charge is 0.361 e. The van der Waals surface area contributed by atoms with Gasteiger partial charge in [0, 0.05) is 35.3 Å². The minimum Gasteiger partial charge on any atom is -0.361 e. The summed E-state index contributed by atoms with van der Waals surface area (Å²) in [6.07, 6.45) is 2.05. The van der Waals surface area contributed by atoms with Crippen LogP contribution >= 0.6 is 11.3 Å². The average Bonchev–Trinajstić information content (AvgIpc) is 3.43. The maximum absolute atomic E-state index is 12.9. The molecule has 1 atom stereocenters. The zero-order valence-electron chi connectivity index (χ0n) is 15.1. The summed E-state index contributed by atoms with van der Waals surface area (Å²) in [6.45, 7) is 4.54. The van der Waals surface area contributed by atoms with Crippen LogP contribution < -0.4 is 10.6 Å². The second kappa shape index (κ2) is 6.98. The topological polar surface area (TPSA) is 73.0 Å². The molecule has 7 heteroatoms. The molecule has 5 rings (SSSR count). The number of anilines is 1. The molecule has 2 aliphatic rings. The highest BCUT2D eigenvalue weighted by Crippen LogP contribution is 2.29. The van der Waals surface area contributed by atoms with Gasteiger partial charge in [0.2, 0.25) is 0 Å². The molecule has 1 amide bonds. The standard InChI is InChI=1S/C20H23N5OS/c26-19(17-9-14-3-1-2-4-15(14)23-17)25-8-6-16-18(12-25)27-20(24-16)22-11-13-5-7-21-10-13/h1-4,9,13,21,23H,5-8,10-12H2,(H,22,24). The maximum atomic E-state index is 12.9. The van der Waals surface area contributed by atoms with Gasteiger partial charge in [-0.3, -0.25) is 4.79 Å². The van der Waals surface area contributed by atoms with Crippen LogP contribution in [-0.4, -0.2) is 47.0 Å². The number of fused-ring (bicyclic) bond motifs is 2. The Balaban J connectivity index is 1.28. The van der Waals surface area contributed by atoms with Crippen molar-refractivity contribution in [2.45, 2.75) is 19.4 Å². The van der Waals surface area contributed by atoms with E-state index >= 15 is 0 Å². The molecule has 27 heavy (non-hydrogen) atoms. The lowest BCUT2D eigenvalue weighted by Gasteiger charge is -2.25. The fourth-order valence-electron chi connectivity index (χ4n) is 3.92. The van der Waals surface area contributed by atoms with Crippen LogP contribution in [0.1, 0.15) is 27.5 Å². The summed E-state index contributed by atoms with van der Waals surface area (Å²) in [4.78, 5) is 24.1. The first-order valence-electron chi connectivity index (χ1n) is 9.56. The quantitative estimate of drug-likeness (QED) is 0.650. The number of benzene rings is 1. The Bertz CT molecular complexity index is 939. The number of hydrogen-bond acceptors (Lipinski definition) is 5. The summed E-state index contributed by atoms with van der Waals surface area (Å²) in [5.74, 6) is 0.753. The van der Waals surface area contributed by atoms with E-state index < -0.39 is 0 Å². The fraction of sp³-hybridized carbons (Fsp3) is 0.400. The number of amides is 1. The van der Waals surface area contributed by atoms with Gasteiger partial charge in [-0.25, -0.2) is 4.98 Å². The zero-order chi connectivity index (χ0) is 18.2. The van der Waals surface area contributed by atoms with E-state index in [4.69, 9.17) is 4.98 Å². The molecule has 2 aliphatic heterocycles. The van der Waals surface area contributed by atoms with Crippen LogP contribution in [0.2, 0.25) is 0 Å². The molecule has 1 unspecified atom stereocenters. The third-order valence-electron chi connectivity index (χ3n) is 5.48. The fourth-order valence-corrected chi connectivity index (χ4v) is 4.95. The molecule has 4 heterocycles. The second-order valence-electron chi connectivity index (χ2n) is 7.38. The molecule has 0 aliphatic carbocycles. The number of carbonyl (C=O) groups excluding carboxylic acids is 1. The minimum absolute atomic E-state index is 0.0665. The van der Waals surface area contributed by atoms with Crippen LogP contribution in [-0.2, 0) is 13.0 Å². The highest BCUT2D eigenvalue weighted by molar-refractivity contribution is 7.15. The van der Waals surface area contributed by atoms with E-state index in [0.29, 0.717) is 18.2 Å². The third-order valence-corrected chi connectivity index (χ3v) is 6.52. The predicted octanol–water partition coefficient (Wildman–Crippen LogP) is 2.84. The molecule has 6 nitrogen and oxygen atoms in total. The zero-order valence-corrected chi connectivity index (χ0v) is 15.9. The number of hydrogen-bond donors (Lipinski definition) is 3. The van der Waals surface area contributed by atoms with E-state index in [1.165, 1.54) is 11.3 Å². The first kappa shape index (κ1) is 16.8. The van der Waals surface area contributed by atoms with Crippen molar-refractivity contribution in [2.24, 2.45) is 5.92 Å². The lowest BCUT2D eigenvalue weighted by Crippen LogP contribution is -2.35. The van der Waals surface area contributed by atoms with Gasteiger partial charge in [-0.2, -0.15) is 0 Å². The van der Waals surface area contributed by atoms with Gasteiger partial charge in [-0.05, 0) is 37.6 Å². The molecular formula is C20H23N5OS. The molecule has 0 bridgehead atoms. The molecule has 0 saturated carbocycles. The average molecular weight is 382 g/mol. The molecule has 1 saturated heterocycles. The monoisotopic (exact) mass is 381 g/mol. The number of rotatable bonds is 4. The lowest BCUT2D eigenvalue weighted by molar-refractivity contribution is 0.0731. The smallest absolute Gasteiger partial charge is 0.270 e. The van der Waals surface area contributed by atoms with Crippen molar-refractivity contribution in [1.82, 2.24) is 20.2 Å². The van der Waals surface area contributed by atoms with E-state index in [9.17, 15) is 4.79 Å². The van der Waals surface area contributed by atoms with Gasteiger partial charge in [0.25, 0.3) is 5.91 Å². The molecule has 2 aromatic heterocycles. The summed E-state index contributed by atoms with van der Waals surface area (Å²) in [5, 5.41) is 8.96. The summed E-state index contributed by atoms with van der Waals surface area (Å²) in [5.41, 5.74) is 2.81. The minimum atomic E-state index is 0.0665. The van der Waals surface area contributed by atoms with E-state index in [2.05, 4.69) is 15.6 Å². The summed E-state index contributed by atoms with van der Waals surface area (Å²) >= 11 is 1.69. The number of H-pyrrole nitrogens is 1. The van der Waals surface area contributed by atoms with Crippen molar-refractivity contribution in [3.63, 3.8) is 0 Å². The highest BCUT2D eigenvalue weighted by atomic mass is 32.1. The van der Waals surface area contributed by atoms with E-state index in [-0.39, 0.29) is 5.91 Å². The number of aromatic amines is 1. The molecule has 140 valence electrons. The van der Waals surface area contributed by atoms with E-state index in [1.54, 1.807) is 11.3 Å².